The van der Waals surface area contributed by atoms with Crippen LogP contribution in [-0.4, -0.2) is 23.0 Å². The Bertz CT molecular complexity index is 330. The molecule has 0 bridgehead atoms. The lowest BCUT2D eigenvalue weighted by Crippen LogP contribution is -2.25. The van der Waals surface area contributed by atoms with Gasteiger partial charge < -0.3 is 5.32 Å². The monoisotopic (exact) mass is 256 g/mol. The molecule has 0 spiro atoms. The van der Waals surface area contributed by atoms with E-state index in [0.29, 0.717) is 0 Å². The van der Waals surface area contributed by atoms with Crippen LogP contribution in [0.15, 0.2) is 0 Å². The van der Waals surface area contributed by atoms with E-state index in [4.69, 9.17) is 0 Å². The molecular weight excluding hydrogens is 236 g/mol. The molecule has 2 rings (SSSR count). The number of aryl methyl sites for hydroxylation is 2. The first-order chi connectivity index (χ1) is 7.75. The fourth-order valence-electron chi connectivity index (χ4n) is 2.08. The summed E-state index contributed by atoms with van der Waals surface area (Å²) >= 11 is 3.92. The van der Waals surface area contributed by atoms with E-state index < -0.39 is 0 Å². The van der Waals surface area contributed by atoms with Gasteiger partial charge in [-0.25, -0.2) is 4.98 Å². The Kier molecular flexibility index (Phi) is 4.67. The van der Waals surface area contributed by atoms with Crippen LogP contribution in [0.25, 0.3) is 0 Å². The van der Waals surface area contributed by atoms with E-state index in [2.05, 4.69) is 35.9 Å². The third kappa shape index (κ3) is 3.47. The van der Waals surface area contributed by atoms with Gasteiger partial charge >= 0.3 is 0 Å². The van der Waals surface area contributed by atoms with Crippen LogP contribution >= 0.6 is 23.1 Å². The molecule has 4 heteroatoms. The molecule has 1 aromatic heterocycles. The number of thiazole rings is 1. The highest BCUT2D eigenvalue weighted by Crippen LogP contribution is 2.22. The first kappa shape index (κ1) is 12.4. The molecule has 0 amide bonds. The van der Waals surface area contributed by atoms with Crippen molar-refractivity contribution in [3.63, 3.8) is 0 Å². The van der Waals surface area contributed by atoms with Crippen molar-refractivity contribution in [2.24, 2.45) is 5.92 Å². The van der Waals surface area contributed by atoms with Gasteiger partial charge in [-0.3, -0.25) is 0 Å². The maximum Gasteiger partial charge on any atom is 0.0900 e. The predicted octanol–water partition coefficient (Wildman–Crippen LogP) is 2.99. The van der Waals surface area contributed by atoms with E-state index in [1.807, 2.05) is 11.3 Å². The minimum atomic E-state index is 0.899. The molecular formula is C12H20N2S2. The standard InChI is InChI=1S/C12H20N2S2/c1-9-12(16-10(2)14-9)8-13-7-11-3-5-15-6-4-11/h11,13H,3-8H2,1-2H3. The van der Waals surface area contributed by atoms with Gasteiger partial charge in [0.05, 0.1) is 10.7 Å². The molecule has 16 heavy (non-hydrogen) atoms. The van der Waals surface area contributed by atoms with Crippen LogP contribution in [0, 0.1) is 19.8 Å². The van der Waals surface area contributed by atoms with Gasteiger partial charge in [-0.05, 0) is 50.7 Å². The Hall–Kier alpha value is -0.0600. The summed E-state index contributed by atoms with van der Waals surface area (Å²) in [5, 5.41) is 4.77. The highest BCUT2D eigenvalue weighted by molar-refractivity contribution is 7.99. The molecule has 0 radical (unpaired) electrons. The van der Waals surface area contributed by atoms with Crippen molar-refractivity contribution < 1.29 is 0 Å². The van der Waals surface area contributed by atoms with Gasteiger partial charge in [0.2, 0.25) is 0 Å². The average Bonchev–Trinajstić information content (AvgIpc) is 2.59. The van der Waals surface area contributed by atoms with Gasteiger partial charge in [0, 0.05) is 11.4 Å². The zero-order valence-corrected chi connectivity index (χ0v) is 11.7. The average molecular weight is 256 g/mol. The van der Waals surface area contributed by atoms with E-state index in [0.717, 1.165) is 12.5 Å². The van der Waals surface area contributed by atoms with Crippen molar-refractivity contribution in [3.05, 3.63) is 15.6 Å². The summed E-state index contributed by atoms with van der Waals surface area (Å²) in [4.78, 5) is 5.86. The molecule has 0 unspecified atom stereocenters. The first-order valence-corrected chi connectivity index (χ1v) is 7.94. The Balaban J connectivity index is 1.73. The minimum Gasteiger partial charge on any atom is -0.312 e. The van der Waals surface area contributed by atoms with Gasteiger partial charge in [0.25, 0.3) is 0 Å². The second kappa shape index (κ2) is 6.03. The lowest BCUT2D eigenvalue weighted by Gasteiger charge is -2.21. The van der Waals surface area contributed by atoms with E-state index >= 15 is 0 Å². The Morgan fingerprint density at radius 2 is 2.06 bits per heavy atom. The maximum absolute atomic E-state index is 4.45. The summed E-state index contributed by atoms with van der Waals surface area (Å²) in [5.74, 6) is 3.60. The number of aromatic nitrogens is 1. The van der Waals surface area contributed by atoms with Gasteiger partial charge in [0.15, 0.2) is 0 Å². The van der Waals surface area contributed by atoms with Crippen molar-refractivity contribution in [1.29, 1.82) is 0 Å². The first-order valence-electron chi connectivity index (χ1n) is 5.97. The van der Waals surface area contributed by atoms with E-state index in [1.54, 1.807) is 0 Å². The molecule has 1 fully saturated rings. The Morgan fingerprint density at radius 1 is 1.31 bits per heavy atom. The van der Waals surface area contributed by atoms with Gasteiger partial charge in [-0.15, -0.1) is 11.3 Å². The lowest BCUT2D eigenvalue weighted by molar-refractivity contribution is 0.448. The number of nitrogens with zero attached hydrogens (tertiary/aromatic N) is 1. The van der Waals surface area contributed by atoms with Crippen molar-refractivity contribution in [2.45, 2.75) is 33.2 Å². The van der Waals surface area contributed by atoms with Crippen LogP contribution in [0.2, 0.25) is 0 Å². The van der Waals surface area contributed by atoms with Gasteiger partial charge in [-0.2, -0.15) is 11.8 Å². The van der Waals surface area contributed by atoms with Crippen molar-refractivity contribution in [1.82, 2.24) is 10.3 Å². The summed E-state index contributed by atoms with van der Waals surface area (Å²) in [6, 6.07) is 0. The van der Waals surface area contributed by atoms with Crippen LogP contribution < -0.4 is 5.32 Å². The fourth-order valence-corrected chi connectivity index (χ4v) is 4.19. The van der Waals surface area contributed by atoms with E-state index in [1.165, 1.54) is 46.5 Å². The lowest BCUT2D eigenvalue weighted by atomic mass is 10.0. The van der Waals surface area contributed by atoms with Crippen LogP contribution in [0.1, 0.15) is 28.4 Å². The van der Waals surface area contributed by atoms with Crippen LogP contribution in [0.4, 0.5) is 0 Å². The van der Waals surface area contributed by atoms with Crippen LogP contribution in [-0.2, 0) is 6.54 Å². The predicted molar refractivity (Wildman–Crippen MR) is 73.3 cm³/mol. The summed E-state index contributed by atoms with van der Waals surface area (Å²) in [5.41, 5.74) is 1.20. The SMILES string of the molecule is Cc1nc(C)c(CNCC2CCSCC2)s1. The molecule has 0 aromatic carbocycles. The van der Waals surface area contributed by atoms with Crippen LogP contribution in [0.5, 0.6) is 0 Å². The highest BCUT2D eigenvalue weighted by atomic mass is 32.2. The highest BCUT2D eigenvalue weighted by Gasteiger charge is 2.13. The maximum atomic E-state index is 4.45. The third-order valence-corrected chi connectivity index (χ3v) is 5.18. The molecule has 0 atom stereocenters. The Morgan fingerprint density at radius 3 is 2.69 bits per heavy atom. The van der Waals surface area contributed by atoms with Crippen LogP contribution in [0.3, 0.4) is 0 Å². The normalized spacial score (nSPS) is 17.9. The number of rotatable bonds is 4. The summed E-state index contributed by atoms with van der Waals surface area (Å²) in [7, 11) is 0. The summed E-state index contributed by atoms with van der Waals surface area (Å²) < 4.78 is 0. The molecule has 2 nitrogen and oxygen atoms in total. The van der Waals surface area contributed by atoms with Crippen molar-refractivity contribution in [3.8, 4) is 0 Å². The quantitative estimate of drug-likeness (QED) is 0.896. The zero-order valence-electron chi connectivity index (χ0n) is 10.1. The fraction of sp³-hybridized carbons (Fsp3) is 0.750. The molecule has 0 saturated carbocycles. The van der Waals surface area contributed by atoms with Gasteiger partial charge in [-0.1, -0.05) is 0 Å². The smallest absolute Gasteiger partial charge is 0.0900 e. The zero-order chi connectivity index (χ0) is 11.4. The molecule has 90 valence electrons. The number of nitrogens with one attached hydrogen (secondary N) is 1. The molecule has 2 heterocycles. The molecule has 0 aliphatic carbocycles. The number of thioether (sulfide) groups is 1. The molecule has 1 aliphatic rings. The third-order valence-electron chi connectivity index (χ3n) is 3.06. The van der Waals surface area contributed by atoms with Gasteiger partial charge in [0.1, 0.15) is 0 Å². The second-order valence-corrected chi connectivity index (χ2v) is 6.94. The molecule has 1 aliphatic heterocycles. The molecule has 1 aromatic rings. The second-order valence-electron chi connectivity index (χ2n) is 4.43. The Labute approximate surface area is 106 Å². The number of hydrogen-bond donors (Lipinski definition) is 1. The van der Waals surface area contributed by atoms with E-state index in [-0.39, 0.29) is 0 Å². The van der Waals surface area contributed by atoms with Crippen molar-refractivity contribution in [2.75, 3.05) is 18.1 Å². The minimum absolute atomic E-state index is 0.899. The van der Waals surface area contributed by atoms with E-state index in [9.17, 15) is 0 Å². The number of hydrogen-bond acceptors (Lipinski definition) is 4. The largest absolute Gasteiger partial charge is 0.312 e. The summed E-state index contributed by atoms with van der Waals surface area (Å²) in [6.45, 7) is 6.37. The summed E-state index contributed by atoms with van der Waals surface area (Å²) in [6.07, 6.45) is 2.77. The molecule has 1 saturated heterocycles. The molecule has 1 N–H and O–H groups in total. The topological polar surface area (TPSA) is 24.9 Å². The van der Waals surface area contributed by atoms with Crippen molar-refractivity contribution >= 4 is 23.1 Å².